The molecule has 0 fully saturated rings. The third-order valence-corrected chi connectivity index (χ3v) is 4.67. The average molecular weight is 400 g/mol. The van der Waals surface area contributed by atoms with Crippen molar-refractivity contribution in [3.63, 3.8) is 0 Å². The fraction of sp³-hybridized carbons (Fsp3) is 0.409. The molecule has 150 valence electrons. The molecule has 0 aliphatic rings. The van der Waals surface area contributed by atoms with Crippen molar-refractivity contribution in [2.45, 2.75) is 34.1 Å². The van der Waals surface area contributed by atoms with Gasteiger partial charge in [-0.25, -0.2) is 4.98 Å². The Labute approximate surface area is 171 Å². The van der Waals surface area contributed by atoms with E-state index in [0.717, 1.165) is 18.7 Å². The van der Waals surface area contributed by atoms with Crippen LogP contribution >= 0.6 is 11.3 Å². The Morgan fingerprint density at radius 1 is 1.11 bits per heavy atom. The lowest BCUT2D eigenvalue weighted by Gasteiger charge is -2.26. The van der Waals surface area contributed by atoms with Crippen LogP contribution in [0.4, 0.5) is 5.13 Å². The normalized spacial score (nSPS) is 11.4. The van der Waals surface area contributed by atoms with Crippen LogP contribution in [-0.2, 0) is 16.0 Å². The maximum atomic E-state index is 12.7. The highest BCUT2D eigenvalue weighted by Crippen LogP contribution is 2.17. The van der Waals surface area contributed by atoms with Gasteiger partial charge in [-0.3, -0.25) is 14.9 Å². The standard InChI is InChI=1S/C22H29N3O2S/c1-16(2)13-25(14-17(3)4)21(27)12-19-15-28-22(23-19)24-20(26)11-10-18-8-6-5-7-9-18/h5-11,15-17H,12-14H2,1-4H3,(H,23,24,26)/b11-10+. The first-order valence-corrected chi connectivity index (χ1v) is 10.5. The Morgan fingerprint density at radius 3 is 2.36 bits per heavy atom. The molecule has 6 heteroatoms. The molecule has 2 amide bonds. The third-order valence-electron chi connectivity index (χ3n) is 3.86. The molecule has 0 radical (unpaired) electrons. The number of thiazole rings is 1. The van der Waals surface area contributed by atoms with Gasteiger partial charge in [0, 0.05) is 24.5 Å². The molecule has 1 aromatic carbocycles. The molecule has 5 nitrogen and oxygen atoms in total. The van der Waals surface area contributed by atoms with Gasteiger partial charge in [0.05, 0.1) is 12.1 Å². The molecule has 0 aliphatic carbocycles. The van der Waals surface area contributed by atoms with Gasteiger partial charge in [-0.1, -0.05) is 58.0 Å². The van der Waals surface area contributed by atoms with Crippen molar-refractivity contribution in [2.24, 2.45) is 11.8 Å². The zero-order valence-electron chi connectivity index (χ0n) is 17.0. The molecule has 2 aromatic rings. The lowest BCUT2D eigenvalue weighted by Crippen LogP contribution is -2.38. The van der Waals surface area contributed by atoms with Crippen LogP contribution in [0.3, 0.4) is 0 Å². The van der Waals surface area contributed by atoms with Gasteiger partial charge >= 0.3 is 0 Å². The summed E-state index contributed by atoms with van der Waals surface area (Å²) >= 11 is 1.33. The van der Waals surface area contributed by atoms with Gasteiger partial charge in [0.1, 0.15) is 0 Å². The molecular formula is C22H29N3O2S. The smallest absolute Gasteiger partial charge is 0.250 e. The van der Waals surface area contributed by atoms with Crippen molar-refractivity contribution < 1.29 is 9.59 Å². The lowest BCUT2D eigenvalue weighted by atomic mass is 10.1. The molecule has 2 rings (SSSR count). The van der Waals surface area contributed by atoms with Crippen LogP contribution in [-0.4, -0.2) is 34.8 Å². The number of benzene rings is 1. The lowest BCUT2D eigenvalue weighted by molar-refractivity contribution is -0.131. The summed E-state index contributed by atoms with van der Waals surface area (Å²) in [5, 5.41) is 5.09. The molecule has 0 unspecified atom stereocenters. The molecule has 0 saturated carbocycles. The minimum absolute atomic E-state index is 0.0783. The Hall–Kier alpha value is -2.47. The first-order chi connectivity index (χ1) is 13.3. The molecule has 1 aromatic heterocycles. The number of carbonyl (C=O) groups excluding carboxylic acids is 2. The largest absolute Gasteiger partial charge is 0.342 e. The maximum Gasteiger partial charge on any atom is 0.250 e. The zero-order chi connectivity index (χ0) is 20.5. The number of hydrogen-bond donors (Lipinski definition) is 1. The molecule has 0 saturated heterocycles. The van der Waals surface area contributed by atoms with E-state index in [9.17, 15) is 9.59 Å². The number of nitrogens with zero attached hydrogens (tertiary/aromatic N) is 2. The second-order valence-corrected chi connectivity index (χ2v) is 8.50. The van der Waals surface area contributed by atoms with Crippen LogP contribution in [0.2, 0.25) is 0 Å². The third kappa shape index (κ3) is 7.64. The Balaban J connectivity index is 1.92. The molecule has 0 bridgehead atoms. The summed E-state index contributed by atoms with van der Waals surface area (Å²) in [6, 6.07) is 9.63. The average Bonchev–Trinajstić information content (AvgIpc) is 3.06. The van der Waals surface area contributed by atoms with Crippen molar-refractivity contribution in [1.82, 2.24) is 9.88 Å². The monoisotopic (exact) mass is 399 g/mol. The van der Waals surface area contributed by atoms with Gasteiger partial charge in [-0.05, 0) is 23.5 Å². The van der Waals surface area contributed by atoms with E-state index < -0.39 is 0 Å². The Morgan fingerprint density at radius 2 is 1.75 bits per heavy atom. The summed E-state index contributed by atoms with van der Waals surface area (Å²) in [4.78, 5) is 31.0. The molecule has 0 aliphatic heterocycles. The highest BCUT2D eigenvalue weighted by atomic mass is 32.1. The van der Waals surface area contributed by atoms with Gasteiger partial charge in [-0.15, -0.1) is 11.3 Å². The summed E-state index contributed by atoms with van der Waals surface area (Å²) in [6.45, 7) is 9.93. The first-order valence-electron chi connectivity index (χ1n) is 9.59. The summed E-state index contributed by atoms with van der Waals surface area (Å²) in [5.74, 6) is 0.681. The summed E-state index contributed by atoms with van der Waals surface area (Å²) < 4.78 is 0. The highest BCUT2D eigenvalue weighted by molar-refractivity contribution is 7.14. The predicted octanol–water partition coefficient (Wildman–Crippen LogP) is 4.48. The highest BCUT2D eigenvalue weighted by Gasteiger charge is 2.18. The van der Waals surface area contributed by atoms with E-state index in [1.165, 1.54) is 17.4 Å². The minimum atomic E-state index is -0.239. The van der Waals surface area contributed by atoms with Crippen LogP contribution in [0.15, 0.2) is 41.8 Å². The van der Waals surface area contributed by atoms with Gasteiger partial charge in [0.2, 0.25) is 11.8 Å². The SMILES string of the molecule is CC(C)CN(CC(C)C)C(=O)Cc1csc(NC(=O)/C=C/c2ccccc2)n1. The van der Waals surface area contributed by atoms with E-state index in [2.05, 4.69) is 38.0 Å². The van der Waals surface area contributed by atoms with Gasteiger partial charge in [-0.2, -0.15) is 0 Å². The van der Waals surface area contributed by atoms with Gasteiger partial charge in [0.25, 0.3) is 0 Å². The van der Waals surface area contributed by atoms with E-state index in [1.807, 2.05) is 40.6 Å². The molecule has 1 N–H and O–H groups in total. The van der Waals surface area contributed by atoms with Crippen LogP contribution in [0, 0.1) is 11.8 Å². The number of hydrogen-bond acceptors (Lipinski definition) is 4. The molecule has 28 heavy (non-hydrogen) atoms. The van der Waals surface area contributed by atoms with Gasteiger partial charge in [0.15, 0.2) is 5.13 Å². The summed E-state index contributed by atoms with van der Waals surface area (Å²) in [7, 11) is 0. The Bertz CT molecular complexity index is 787. The van der Waals surface area contributed by atoms with E-state index >= 15 is 0 Å². The molecule has 0 spiro atoms. The second-order valence-electron chi connectivity index (χ2n) is 7.64. The van der Waals surface area contributed by atoms with Crippen LogP contribution in [0.1, 0.15) is 39.0 Å². The maximum absolute atomic E-state index is 12.7. The number of rotatable bonds is 9. The number of aromatic nitrogens is 1. The summed E-state index contributed by atoms with van der Waals surface area (Å²) in [5.41, 5.74) is 1.65. The van der Waals surface area contributed by atoms with E-state index in [4.69, 9.17) is 0 Å². The van der Waals surface area contributed by atoms with Crippen molar-refractivity contribution in [3.05, 3.63) is 53.0 Å². The fourth-order valence-electron chi connectivity index (χ4n) is 2.76. The van der Waals surface area contributed by atoms with Crippen LogP contribution in [0.5, 0.6) is 0 Å². The van der Waals surface area contributed by atoms with Crippen LogP contribution < -0.4 is 5.32 Å². The van der Waals surface area contributed by atoms with Crippen molar-refractivity contribution >= 4 is 34.4 Å². The van der Waals surface area contributed by atoms with Crippen molar-refractivity contribution in [3.8, 4) is 0 Å². The number of anilines is 1. The molecule has 0 atom stereocenters. The second kappa shape index (κ2) is 10.8. The van der Waals surface area contributed by atoms with E-state index in [0.29, 0.717) is 22.7 Å². The fourth-order valence-corrected chi connectivity index (χ4v) is 3.47. The number of amides is 2. The van der Waals surface area contributed by atoms with Crippen molar-refractivity contribution in [2.75, 3.05) is 18.4 Å². The minimum Gasteiger partial charge on any atom is -0.342 e. The van der Waals surface area contributed by atoms with E-state index in [-0.39, 0.29) is 18.2 Å². The van der Waals surface area contributed by atoms with Gasteiger partial charge < -0.3 is 4.90 Å². The topological polar surface area (TPSA) is 62.3 Å². The first kappa shape index (κ1) is 21.8. The Kier molecular flexibility index (Phi) is 8.39. The zero-order valence-corrected chi connectivity index (χ0v) is 17.8. The quantitative estimate of drug-likeness (QED) is 0.633. The van der Waals surface area contributed by atoms with E-state index in [1.54, 1.807) is 6.08 Å². The number of carbonyl (C=O) groups is 2. The van der Waals surface area contributed by atoms with Crippen molar-refractivity contribution in [1.29, 1.82) is 0 Å². The van der Waals surface area contributed by atoms with Crippen LogP contribution in [0.25, 0.3) is 6.08 Å². The predicted molar refractivity (Wildman–Crippen MR) is 116 cm³/mol. The summed E-state index contributed by atoms with van der Waals surface area (Å²) in [6.07, 6.45) is 3.49. The molecular weight excluding hydrogens is 370 g/mol. The number of nitrogens with one attached hydrogen (secondary N) is 1. The molecule has 1 heterocycles.